The van der Waals surface area contributed by atoms with Crippen LogP contribution in [-0.2, 0) is 22.4 Å². The summed E-state index contributed by atoms with van der Waals surface area (Å²) in [5, 5.41) is 11.8. The summed E-state index contributed by atoms with van der Waals surface area (Å²) >= 11 is 3.32. The molecular formula is C17H15BrFNO3. The van der Waals surface area contributed by atoms with Gasteiger partial charge in [-0.05, 0) is 35.4 Å². The van der Waals surface area contributed by atoms with Crippen LogP contribution < -0.4 is 5.32 Å². The van der Waals surface area contributed by atoms with Crippen LogP contribution in [0.4, 0.5) is 4.39 Å². The highest BCUT2D eigenvalue weighted by molar-refractivity contribution is 9.10. The first-order valence-electron chi connectivity index (χ1n) is 6.95. The van der Waals surface area contributed by atoms with Crippen molar-refractivity contribution in [3.8, 4) is 0 Å². The maximum Gasteiger partial charge on any atom is 0.326 e. The van der Waals surface area contributed by atoms with Gasteiger partial charge in [0, 0.05) is 10.9 Å². The third kappa shape index (κ3) is 5.49. The lowest BCUT2D eigenvalue weighted by atomic mass is 10.1. The zero-order chi connectivity index (χ0) is 16.8. The molecular weight excluding hydrogens is 365 g/mol. The number of carboxylic acids is 1. The van der Waals surface area contributed by atoms with E-state index in [1.807, 2.05) is 6.07 Å². The molecule has 0 bridgehead atoms. The third-order valence-corrected chi connectivity index (χ3v) is 3.71. The molecule has 0 aliphatic heterocycles. The van der Waals surface area contributed by atoms with E-state index in [0.717, 1.165) is 10.0 Å². The summed E-state index contributed by atoms with van der Waals surface area (Å²) in [7, 11) is 0. The molecule has 0 aliphatic carbocycles. The summed E-state index contributed by atoms with van der Waals surface area (Å²) in [6.07, 6.45) is 0.101. The van der Waals surface area contributed by atoms with Crippen molar-refractivity contribution in [1.29, 1.82) is 0 Å². The van der Waals surface area contributed by atoms with E-state index in [4.69, 9.17) is 0 Å². The molecule has 0 heterocycles. The molecule has 2 aromatic rings. The van der Waals surface area contributed by atoms with Crippen molar-refractivity contribution >= 4 is 27.8 Å². The maximum atomic E-state index is 13.1. The second-order valence-corrected chi connectivity index (χ2v) is 6.01. The lowest BCUT2D eigenvalue weighted by Gasteiger charge is -2.15. The van der Waals surface area contributed by atoms with Crippen LogP contribution in [0.2, 0.25) is 0 Å². The van der Waals surface area contributed by atoms with Crippen molar-refractivity contribution in [2.75, 3.05) is 0 Å². The minimum atomic E-state index is -1.11. The van der Waals surface area contributed by atoms with Crippen LogP contribution >= 0.6 is 15.9 Å². The van der Waals surface area contributed by atoms with Crippen molar-refractivity contribution in [2.45, 2.75) is 18.9 Å². The number of benzene rings is 2. The highest BCUT2D eigenvalue weighted by atomic mass is 79.9. The van der Waals surface area contributed by atoms with Crippen LogP contribution in [0.5, 0.6) is 0 Å². The van der Waals surface area contributed by atoms with Gasteiger partial charge in [0.05, 0.1) is 6.42 Å². The van der Waals surface area contributed by atoms with Gasteiger partial charge in [-0.1, -0.05) is 40.2 Å². The molecule has 2 rings (SSSR count). The second-order valence-electron chi connectivity index (χ2n) is 5.10. The summed E-state index contributed by atoms with van der Waals surface area (Å²) in [6.45, 7) is 0. The molecule has 1 amide bonds. The molecule has 4 nitrogen and oxygen atoms in total. The number of carbonyl (C=O) groups is 2. The molecule has 6 heteroatoms. The van der Waals surface area contributed by atoms with Crippen LogP contribution in [-0.4, -0.2) is 23.0 Å². The quantitative estimate of drug-likeness (QED) is 0.810. The lowest BCUT2D eigenvalue weighted by molar-refractivity contribution is -0.141. The Morgan fingerprint density at radius 3 is 2.48 bits per heavy atom. The van der Waals surface area contributed by atoms with E-state index in [0.29, 0.717) is 5.56 Å². The van der Waals surface area contributed by atoms with E-state index in [9.17, 15) is 19.1 Å². The fraction of sp³-hybridized carbons (Fsp3) is 0.176. The molecule has 0 fully saturated rings. The van der Waals surface area contributed by atoms with Gasteiger partial charge in [-0.2, -0.15) is 0 Å². The number of carbonyl (C=O) groups excluding carboxylic acids is 1. The Labute approximate surface area is 141 Å². The Kier molecular flexibility index (Phi) is 5.87. The number of hydrogen-bond donors (Lipinski definition) is 2. The Balaban J connectivity index is 2.01. The first kappa shape index (κ1) is 17.1. The van der Waals surface area contributed by atoms with Gasteiger partial charge in [0.25, 0.3) is 0 Å². The number of amides is 1. The zero-order valence-corrected chi connectivity index (χ0v) is 13.7. The molecule has 0 radical (unpaired) electrons. The summed E-state index contributed by atoms with van der Waals surface area (Å²) < 4.78 is 13.9. The largest absolute Gasteiger partial charge is 0.480 e. The number of halogens is 2. The van der Waals surface area contributed by atoms with E-state index in [1.165, 1.54) is 18.2 Å². The SMILES string of the molecule is O=C(Cc1cccc(F)c1)N[C@@H](Cc1cccc(Br)c1)C(=O)O. The van der Waals surface area contributed by atoms with Gasteiger partial charge >= 0.3 is 5.97 Å². The van der Waals surface area contributed by atoms with E-state index in [1.54, 1.807) is 24.3 Å². The Hall–Kier alpha value is -2.21. The summed E-state index contributed by atoms with van der Waals surface area (Å²) in [4.78, 5) is 23.3. The van der Waals surface area contributed by atoms with Crippen molar-refractivity contribution in [3.63, 3.8) is 0 Å². The molecule has 2 N–H and O–H groups in total. The molecule has 0 aromatic heterocycles. The minimum absolute atomic E-state index is 0.0694. The molecule has 0 saturated heterocycles. The second kappa shape index (κ2) is 7.87. The molecule has 0 unspecified atom stereocenters. The molecule has 120 valence electrons. The van der Waals surface area contributed by atoms with Crippen molar-refractivity contribution in [2.24, 2.45) is 0 Å². The van der Waals surface area contributed by atoms with Gasteiger partial charge in [-0.25, -0.2) is 9.18 Å². The summed E-state index contributed by atoms with van der Waals surface area (Å²) in [6, 6.07) is 11.9. The number of rotatable bonds is 6. The molecule has 0 saturated carbocycles. The lowest BCUT2D eigenvalue weighted by Crippen LogP contribution is -2.43. The number of hydrogen-bond acceptors (Lipinski definition) is 2. The van der Waals surface area contributed by atoms with E-state index >= 15 is 0 Å². The Morgan fingerprint density at radius 1 is 1.13 bits per heavy atom. The van der Waals surface area contributed by atoms with Gasteiger partial charge in [-0.15, -0.1) is 0 Å². The predicted octanol–water partition coefficient (Wildman–Crippen LogP) is 2.94. The molecule has 0 aliphatic rings. The molecule has 1 atom stereocenters. The monoisotopic (exact) mass is 379 g/mol. The van der Waals surface area contributed by atoms with Gasteiger partial charge in [0.15, 0.2) is 0 Å². The van der Waals surface area contributed by atoms with Crippen LogP contribution in [0, 0.1) is 5.82 Å². The maximum absolute atomic E-state index is 13.1. The number of aliphatic carboxylic acids is 1. The predicted molar refractivity (Wildman–Crippen MR) is 87.5 cm³/mol. The van der Waals surface area contributed by atoms with E-state index < -0.39 is 23.7 Å². The van der Waals surface area contributed by atoms with Gasteiger partial charge in [0.1, 0.15) is 11.9 Å². The van der Waals surface area contributed by atoms with Crippen molar-refractivity contribution in [1.82, 2.24) is 5.32 Å². The highest BCUT2D eigenvalue weighted by Crippen LogP contribution is 2.13. The number of nitrogens with one attached hydrogen (secondary N) is 1. The minimum Gasteiger partial charge on any atom is -0.480 e. The molecule has 0 spiro atoms. The molecule has 23 heavy (non-hydrogen) atoms. The summed E-state index contributed by atoms with van der Waals surface area (Å²) in [5.74, 6) is -2.00. The smallest absolute Gasteiger partial charge is 0.326 e. The fourth-order valence-corrected chi connectivity index (χ4v) is 2.62. The topological polar surface area (TPSA) is 66.4 Å². The van der Waals surface area contributed by atoms with Gasteiger partial charge in [-0.3, -0.25) is 4.79 Å². The van der Waals surface area contributed by atoms with Crippen LogP contribution in [0.1, 0.15) is 11.1 Å². The summed E-state index contributed by atoms with van der Waals surface area (Å²) in [5.41, 5.74) is 1.28. The first-order chi connectivity index (χ1) is 10.9. The average molecular weight is 380 g/mol. The normalized spacial score (nSPS) is 11.7. The van der Waals surface area contributed by atoms with Gasteiger partial charge < -0.3 is 10.4 Å². The zero-order valence-electron chi connectivity index (χ0n) is 12.1. The first-order valence-corrected chi connectivity index (χ1v) is 7.74. The van der Waals surface area contributed by atoms with E-state index in [2.05, 4.69) is 21.2 Å². The van der Waals surface area contributed by atoms with Crippen LogP contribution in [0.15, 0.2) is 53.0 Å². The standard InChI is InChI=1S/C17H15BrFNO3/c18-13-5-1-3-11(7-13)9-15(17(22)23)20-16(21)10-12-4-2-6-14(19)8-12/h1-8,15H,9-10H2,(H,20,21)(H,22,23)/t15-/m0/s1. The fourth-order valence-electron chi connectivity index (χ4n) is 2.18. The molecule has 2 aromatic carbocycles. The van der Waals surface area contributed by atoms with Crippen molar-refractivity contribution in [3.05, 3.63) is 69.9 Å². The highest BCUT2D eigenvalue weighted by Gasteiger charge is 2.20. The van der Waals surface area contributed by atoms with Crippen LogP contribution in [0.25, 0.3) is 0 Å². The Bertz CT molecular complexity index is 720. The van der Waals surface area contributed by atoms with Crippen molar-refractivity contribution < 1.29 is 19.1 Å². The number of carboxylic acid groups (broad SMARTS) is 1. The van der Waals surface area contributed by atoms with E-state index in [-0.39, 0.29) is 12.8 Å². The Morgan fingerprint density at radius 2 is 1.83 bits per heavy atom. The van der Waals surface area contributed by atoms with Gasteiger partial charge in [0.2, 0.25) is 5.91 Å². The third-order valence-electron chi connectivity index (χ3n) is 3.22. The van der Waals surface area contributed by atoms with Crippen LogP contribution in [0.3, 0.4) is 0 Å². The average Bonchev–Trinajstić information content (AvgIpc) is 2.46.